The first-order chi connectivity index (χ1) is 6.32. The van der Waals surface area contributed by atoms with E-state index in [2.05, 4.69) is 0 Å². The fourth-order valence-corrected chi connectivity index (χ4v) is 0.945. The number of rotatable bonds is 2. The van der Waals surface area contributed by atoms with Crippen molar-refractivity contribution in [3.63, 3.8) is 0 Å². The van der Waals surface area contributed by atoms with Crippen molar-refractivity contribution in [1.29, 1.82) is 0 Å². The van der Waals surface area contributed by atoms with E-state index in [0.29, 0.717) is 12.1 Å². The van der Waals surface area contributed by atoms with Crippen LogP contribution in [0.5, 0.6) is 0 Å². The number of halogens is 6. The van der Waals surface area contributed by atoms with Crippen molar-refractivity contribution in [2.24, 2.45) is 0 Å². The number of hydrogen-bond acceptors (Lipinski definition) is 0. The molecule has 0 heterocycles. The molecule has 0 saturated heterocycles. The molecular formula is C7H4BF6K. The second kappa shape index (κ2) is 5.72. The molecule has 0 saturated carbocycles. The predicted molar refractivity (Wildman–Crippen MR) is 40.1 cm³/mol. The summed E-state index contributed by atoms with van der Waals surface area (Å²) in [6.07, 6.45) is -2.97. The fraction of sp³-hybridized carbons (Fsp3) is 0.143. The Morgan fingerprint density at radius 3 is 1.93 bits per heavy atom. The van der Waals surface area contributed by atoms with Crippen LogP contribution >= 0.6 is 0 Å². The van der Waals surface area contributed by atoms with Gasteiger partial charge in [0, 0.05) is 5.56 Å². The standard InChI is InChI=1S/C7H4BF6.K/c9-6-3-4(7(10)11)1-2-5(6)8(12,13)14;/h1-3,7H;/q-1;+1. The minimum atomic E-state index is -5.49. The molecule has 1 rings (SSSR count). The van der Waals surface area contributed by atoms with Gasteiger partial charge in [0.2, 0.25) is 0 Å². The molecule has 0 N–H and O–H groups in total. The van der Waals surface area contributed by atoms with E-state index in [0.717, 1.165) is 0 Å². The fourth-order valence-electron chi connectivity index (χ4n) is 0.945. The first-order valence-electron chi connectivity index (χ1n) is 3.60. The van der Waals surface area contributed by atoms with E-state index in [4.69, 9.17) is 0 Å². The van der Waals surface area contributed by atoms with Crippen LogP contribution in [0.1, 0.15) is 12.0 Å². The third-order valence-electron chi connectivity index (χ3n) is 1.63. The van der Waals surface area contributed by atoms with Gasteiger partial charge in [-0.3, -0.25) is 0 Å². The minimum Gasteiger partial charge on any atom is -0.445 e. The summed E-state index contributed by atoms with van der Waals surface area (Å²) in [6.45, 7) is -5.49. The van der Waals surface area contributed by atoms with Crippen molar-refractivity contribution in [2.45, 2.75) is 6.43 Å². The van der Waals surface area contributed by atoms with Crippen LogP contribution in [0, 0.1) is 5.82 Å². The van der Waals surface area contributed by atoms with Gasteiger partial charge in [-0.25, -0.2) is 13.2 Å². The monoisotopic (exact) mass is 252 g/mol. The van der Waals surface area contributed by atoms with Gasteiger partial charge in [-0.2, -0.15) is 0 Å². The van der Waals surface area contributed by atoms with Gasteiger partial charge >= 0.3 is 58.4 Å². The number of alkyl halides is 2. The summed E-state index contributed by atoms with van der Waals surface area (Å²) in [4.78, 5) is 0. The van der Waals surface area contributed by atoms with Crippen LogP contribution in [-0.4, -0.2) is 6.98 Å². The van der Waals surface area contributed by atoms with Crippen molar-refractivity contribution < 1.29 is 77.5 Å². The zero-order valence-electron chi connectivity index (χ0n) is 7.65. The van der Waals surface area contributed by atoms with Crippen LogP contribution in [0.3, 0.4) is 0 Å². The first-order valence-corrected chi connectivity index (χ1v) is 3.60. The average Bonchev–Trinajstić information content (AvgIpc) is 2.01. The topological polar surface area (TPSA) is 0 Å². The normalized spacial score (nSPS) is 11.4. The Hall–Kier alpha value is 0.501. The van der Waals surface area contributed by atoms with Gasteiger partial charge < -0.3 is 12.9 Å². The van der Waals surface area contributed by atoms with E-state index < -0.39 is 30.2 Å². The average molecular weight is 252 g/mol. The van der Waals surface area contributed by atoms with E-state index in [1.807, 2.05) is 0 Å². The van der Waals surface area contributed by atoms with E-state index in [9.17, 15) is 26.1 Å². The van der Waals surface area contributed by atoms with Crippen molar-refractivity contribution in [2.75, 3.05) is 0 Å². The molecule has 0 radical (unpaired) electrons. The molecule has 8 heteroatoms. The second-order valence-corrected chi connectivity index (χ2v) is 2.66. The Kier molecular flexibility index (Phi) is 5.91. The summed E-state index contributed by atoms with van der Waals surface area (Å²) >= 11 is 0. The Morgan fingerprint density at radius 2 is 1.60 bits per heavy atom. The molecule has 0 atom stereocenters. The van der Waals surface area contributed by atoms with E-state index in [-0.39, 0.29) is 57.5 Å². The minimum absolute atomic E-state index is 0. The predicted octanol–water partition coefficient (Wildman–Crippen LogP) is -0.178. The zero-order valence-corrected chi connectivity index (χ0v) is 10.8. The summed E-state index contributed by atoms with van der Waals surface area (Å²) in [5.41, 5.74) is -2.24. The molecule has 0 spiro atoms. The second-order valence-electron chi connectivity index (χ2n) is 2.66. The summed E-state index contributed by atoms with van der Waals surface area (Å²) < 4.78 is 72.6. The SMILES string of the molecule is Fc1cc(C(F)F)ccc1[B-](F)(F)F.[K+]. The number of hydrogen-bond donors (Lipinski definition) is 0. The summed E-state index contributed by atoms with van der Waals surface area (Å²) in [5, 5.41) is 0. The Morgan fingerprint density at radius 1 is 1.07 bits per heavy atom. The number of benzene rings is 1. The zero-order chi connectivity index (χ0) is 10.9. The van der Waals surface area contributed by atoms with Gasteiger partial charge in [-0.1, -0.05) is 17.6 Å². The largest absolute Gasteiger partial charge is 1.00 e. The van der Waals surface area contributed by atoms with Crippen molar-refractivity contribution in [1.82, 2.24) is 0 Å². The molecule has 0 amide bonds. The van der Waals surface area contributed by atoms with Crippen LogP contribution in [0.15, 0.2) is 18.2 Å². The maximum Gasteiger partial charge on any atom is 1.00 e. The Bertz CT molecular complexity index is 337. The third kappa shape index (κ3) is 4.10. The molecule has 1 aromatic carbocycles. The van der Waals surface area contributed by atoms with Crippen molar-refractivity contribution in [3.8, 4) is 0 Å². The van der Waals surface area contributed by atoms with E-state index in [1.54, 1.807) is 0 Å². The molecular weight excluding hydrogens is 248 g/mol. The maximum absolute atomic E-state index is 12.7. The van der Waals surface area contributed by atoms with Crippen LogP contribution in [0.2, 0.25) is 0 Å². The molecule has 78 valence electrons. The Balaban J connectivity index is 0.00000196. The van der Waals surface area contributed by atoms with Gasteiger partial charge in [0.05, 0.1) is 5.82 Å². The first kappa shape index (κ1) is 15.5. The summed E-state index contributed by atoms with van der Waals surface area (Å²) in [5.74, 6) is -1.66. The summed E-state index contributed by atoms with van der Waals surface area (Å²) in [7, 11) is 0. The van der Waals surface area contributed by atoms with Crippen LogP contribution in [0.25, 0.3) is 0 Å². The van der Waals surface area contributed by atoms with E-state index >= 15 is 0 Å². The van der Waals surface area contributed by atoms with Gasteiger partial charge in [0.1, 0.15) is 0 Å². The van der Waals surface area contributed by atoms with Crippen molar-refractivity contribution in [3.05, 3.63) is 29.6 Å². The summed E-state index contributed by atoms with van der Waals surface area (Å²) in [6, 6.07) is 1.10. The van der Waals surface area contributed by atoms with Gasteiger partial charge in [-0.05, 0) is 6.07 Å². The molecule has 0 aliphatic heterocycles. The molecule has 0 aliphatic carbocycles. The van der Waals surface area contributed by atoms with Gasteiger partial charge in [0.15, 0.2) is 0 Å². The molecule has 0 bridgehead atoms. The van der Waals surface area contributed by atoms with E-state index in [1.165, 1.54) is 0 Å². The Labute approximate surface area is 125 Å². The molecule has 15 heavy (non-hydrogen) atoms. The maximum atomic E-state index is 12.7. The quantitative estimate of drug-likeness (QED) is 0.506. The molecule has 0 fully saturated rings. The molecule has 1 aromatic rings. The molecule has 0 aromatic heterocycles. The third-order valence-corrected chi connectivity index (χ3v) is 1.63. The van der Waals surface area contributed by atoms with Crippen LogP contribution < -0.4 is 56.8 Å². The van der Waals surface area contributed by atoms with Gasteiger partial charge in [-0.15, -0.1) is 0 Å². The van der Waals surface area contributed by atoms with Crippen LogP contribution in [0.4, 0.5) is 26.1 Å². The van der Waals surface area contributed by atoms with Crippen molar-refractivity contribution >= 4 is 12.4 Å². The molecule has 0 unspecified atom stereocenters. The van der Waals surface area contributed by atoms with Crippen LogP contribution in [-0.2, 0) is 0 Å². The van der Waals surface area contributed by atoms with Gasteiger partial charge in [0.25, 0.3) is 6.43 Å². The molecule has 0 nitrogen and oxygen atoms in total. The smallest absolute Gasteiger partial charge is 0.445 e. The molecule has 0 aliphatic rings.